The van der Waals surface area contributed by atoms with Crippen molar-refractivity contribution in [3.63, 3.8) is 0 Å². The van der Waals surface area contributed by atoms with Crippen molar-refractivity contribution in [1.29, 1.82) is 0 Å². The SMILES string of the molecule is CN1CCC(Nc2ccc([N+](=O)[O-])c(-c3ccccc3)n2)CC1. The van der Waals surface area contributed by atoms with Gasteiger partial charge in [0.2, 0.25) is 0 Å². The lowest BCUT2D eigenvalue weighted by Gasteiger charge is -2.29. The van der Waals surface area contributed by atoms with Gasteiger partial charge < -0.3 is 10.2 Å². The number of likely N-dealkylation sites (tertiary alicyclic amines) is 1. The second-order valence-corrected chi connectivity index (χ2v) is 5.91. The molecule has 1 aliphatic rings. The Morgan fingerprint density at radius 2 is 1.87 bits per heavy atom. The van der Waals surface area contributed by atoms with Crippen molar-refractivity contribution in [2.45, 2.75) is 18.9 Å². The summed E-state index contributed by atoms with van der Waals surface area (Å²) in [5.41, 5.74) is 1.20. The van der Waals surface area contributed by atoms with Crippen LogP contribution in [0.5, 0.6) is 0 Å². The highest BCUT2D eigenvalue weighted by Gasteiger charge is 2.20. The van der Waals surface area contributed by atoms with Crippen LogP contribution in [0.15, 0.2) is 42.5 Å². The van der Waals surface area contributed by atoms with Gasteiger partial charge in [-0.2, -0.15) is 0 Å². The number of benzene rings is 1. The van der Waals surface area contributed by atoms with Crippen LogP contribution in [0.2, 0.25) is 0 Å². The molecule has 0 atom stereocenters. The van der Waals surface area contributed by atoms with E-state index in [-0.39, 0.29) is 10.6 Å². The van der Waals surface area contributed by atoms with Crippen LogP contribution in [0.1, 0.15) is 12.8 Å². The number of nitrogens with one attached hydrogen (secondary N) is 1. The molecule has 1 N–H and O–H groups in total. The van der Waals surface area contributed by atoms with Crippen molar-refractivity contribution in [3.8, 4) is 11.3 Å². The minimum atomic E-state index is -0.380. The molecule has 1 saturated heterocycles. The zero-order chi connectivity index (χ0) is 16.2. The van der Waals surface area contributed by atoms with E-state index in [1.807, 2.05) is 30.3 Å². The number of piperidine rings is 1. The predicted octanol–water partition coefficient (Wildman–Crippen LogP) is 3.16. The molecule has 0 radical (unpaired) electrons. The molecule has 0 aliphatic carbocycles. The van der Waals surface area contributed by atoms with Crippen LogP contribution >= 0.6 is 0 Å². The summed E-state index contributed by atoms with van der Waals surface area (Å²) in [6, 6.07) is 12.9. The largest absolute Gasteiger partial charge is 0.367 e. The molecule has 6 heteroatoms. The fourth-order valence-corrected chi connectivity index (χ4v) is 2.85. The number of nitro groups is 1. The lowest BCUT2D eigenvalue weighted by molar-refractivity contribution is -0.384. The summed E-state index contributed by atoms with van der Waals surface area (Å²) in [5.74, 6) is 0.698. The van der Waals surface area contributed by atoms with Crippen molar-refractivity contribution in [1.82, 2.24) is 9.88 Å². The topological polar surface area (TPSA) is 71.3 Å². The molecule has 0 saturated carbocycles. The van der Waals surface area contributed by atoms with Crippen molar-refractivity contribution >= 4 is 11.5 Å². The molecule has 1 aliphatic heterocycles. The molecule has 6 nitrogen and oxygen atoms in total. The number of rotatable bonds is 4. The zero-order valence-electron chi connectivity index (χ0n) is 13.1. The number of hydrogen-bond acceptors (Lipinski definition) is 5. The first-order chi connectivity index (χ1) is 11.1. The van der Waals surface area contributed by atoms with Crippen molar-refractivity contribution in [2.24, 2.45) is 0 Å². The Balaban J connectivity index is 1.87. The third kappa shape index (κ3) is 3.65. The number of anilines is 1. The average molecular weight is 312 g/mol. The van der Waals surface area contributed by atoms with E-state index < -0.39 is 0 Å². The Hall–Kier alpha value is -2.47. The van der Waals surface area contributed by atoms with Crippen LogP contribution < -0.4 is 5.32 Å². The summed E-state index contributed by atoms with van der Waals surface area (Å²) in [6.07, 6.45) is 2.10. The summed E-state index contributed by atoms with van der Waals surface area (Å²) < 4.78 is 0. The first-order valence-electron chi connectivity index (χ1n) is 7.79. The monoisotopic (exact) mass is 312 g/mol. The van der Waals surface area contributed by atoms with E-state index >= 15 is 0 Å². The van der Waals surface area contributed by atoms with Gasteiger partial charge in [0.05, 0.1) is 4.92 Å². The Kier molecular flexibility index (Phi) is 4.52. The van der Waals surface area contributed by atoms with Crippen molar-refractivity contribution in [3.05, 3.63) is 52.6 Å². The molecule has 3 rings (SSSR count). The normalized spacial score (nSPS) is 16.2. The molecule has 2 heterocycles. The zero-order valence-corrected chi connectivity index (χ0v) is 13.1. The maximum Gasteiger partial charge on any atom is 0.295 e. The van der Waals surface area contributed by atoms with E-state index in [1.54, 1.807) is 6.07 Å². The molecular weight excluding hydrogens is 292 g/mol. The molecule has 23 heavy (non-hydrogen) atoms. The van der Waals surface area contributed by atoms with Gasteiger partial charge >= 0.3 is 0 Å². The Labute approximate surface area is 135 Å². The number of pyridine rings is 1. The van der Waals surface area contributed by atoms with Gasteiger partial charge in [0.25, 0.3) is 5.69 Å². The molecule has 0 bridgehead atoms. The maximum absolute atomic E-state index is 11.3. The first kappa shape index (κ1) is 15.4. The molecule has 0 spiro atoms. The van der Waals surface area contributed by atoms with E-state index in [1.165, 1.54) is 6.07 Å². The van der Waals surface area contributed by atoms with E-state index in [9.17, 15) is 10.1 Å². The van der Waals surface area contributed by atoms with Gasteiger partial charge in [-0.3, -0.25) is 10.1 Å². The van der Waals surface area contributed by atoms with E-state index in [4.69, 9.17) is 0 Å². The second-order valence-electron chi connectivity index (χ2n) is 5.91. The summed E-state index contributed by atoms with van der Waals surface area (Å²) in [6.45, 7) is 2.10. The smallest absolute Gasteiger partial charge is 0.295 e. The van der Waals surface area contributed by atoms with Crippen LogP contribution in [0.4, 0.5) is 11.5 Å². The maximum atomic E-state index is 11.3. The minimum Gasteiger partial charge on any atom is -0.367 e. The molecule has 0 amide bonds. The predicted molar refractivity (Wildman–Crippen MR) is 90.5 cm³/mol. The highest BCUT2D eigenvalue weighted by atomic mass is 16.6. The lowest BCUT2D eigenvalue weighted by Crippen LogP contribution is -2.36. The van der Waals surface area contributed by atoms with E-state index in [0.717, 1.165) is 31.5 Å². The summed E-state index contributed by atoms with van der Waals surface area (Å²) in [4.78, 5) is 17.7. The second kappa shape index (κ2) is 6.75. The standard InChI is InChI=1S/C17H20N4O2/c1-20-11-9-14(10-12-20)18-16-8-7-15(21(22)23)17(19-16)13-5-3-2-4-6-13/h2-8,14H,9-12H2,1H3,(H,18,19). The van der Waals surface area contributed by atoms with Gasteiger partial charge in [0.15, 0.2) is 5.69 Å². The summed E-state index contributed by atoms with van der Waals surface area (Å²) in [7, 11) is 2.12. The quantitative estimate of drug-likeness (QED) is 0.693. The van der Waals surface area contributed by atoms with Crippen LogP contribution in [-0.4, -0.2) is 41.0 Å². The molecule has 2 aromatic rings. The lowest BCUT2D eigenvalue weighted by atomic mass is 10.1. The first-order valence-corrected chi connectivity index (χ1v) is 7.79. The molecule has 1 fully saturated rings. The molecule has 1 aromatic heterocycles. The minimum absolute atomic E-state index is 0.0325. The van der Waals surface area contributed by atoms with E-state index in [2.05, 4.69) is 22.2 Å². The van der Waals surface area contributed by atoms with Crippen LogP contribution in [-0.2, 0) is 0 Å². The van der Waals surface area contributed by atoms with Crippen molar-refractivity contribution < 1.29 is 4.92 Å². The third-order valence-electron chi connectivity index (χ3n) is 4.19. The number of aromatic nitrogens is 1. The number of hydrogen-bond donors (Lipinski definition) is 1. The molecule has 1 aromatic carbocycles. The fraction of sp³-hybridized carbons (Fsp3) is 0.353. The van der Waals surface area contributed by atoms with Gasteiger partial charge in [-0.1, -0.05) is 30.3 Å². The highest BCUT2D eigenvalue weighted by molar-refractivity contribution is 5.71. The van der Waals surface area contributed by atoms with Crippen LogP contribution in [0.3, 0.4) is 0 Å². The Bertz CT molecular complexity index is 682. The Morgan fingerprint density at radius 1 is 1.17 bits per heavy atom. The van der Waals surface area contributed by atoms with Crippen LogP contribution in [0.25, 0.3) is 11.3 Å². The molecule has 120 valence electrons. The van der Waals surface area contributed by atoms with Gasteiger partial charge in [-0.05, 0) is 39.0 Å². The van der Waals surface area contributed by atoms with E-state index in [0.29, 0.717) is 17.6 Å². The van der Waals surface area contributed by atoms with Gasteiger partial charge in [-0.15, -0.1) is 0 Å². The average Bonchev–Trinajstić information content (AvgIpc) is 2.57. The van der Waals surface area contributed by atoms with Gasteiger partial charge in [0.1, 0.15) is 5.82 Å². The molecular formula is C17H20N4O2. The fourth-order valence-electron chi connectivity index (χ4n) is 2.85. The van der Waals surface area contributed by atoms with Gasteiger partial charge in [-0.25, -0.2) is 4.98 Å². The van der Waals surface area contributed by atoms with Crippen LogP contribution in [0, 0.1) is 10.1 Å². The summed E-state index contributed by atoms with van der Waals surface area (Å²) in [5, 5.41) is 14.7. The van der Waals surface area contributed by atoms with Gasteiger partial charge in [0, 0.05) is 17.7 Å². The third-order valence-corrected chi connectivity index (χ3v) is 4.19. The number of nitrogens with zero attached hydrogens (tertiary/aromatic N) is 3. The summed E-state index contributed by atoms with van der Waals surface area (Å²) >= 11 is 0. The Morgan fingerprint density at radius 3 is 2.52 bits per heavy atom. The molecule has 0 unspecified atom stereocenters. The highest BCUT2D eigenvalue weighted by Crippen LogP contribution is 2.29. The van der Waals surface area contributed by atoms with Crippen molar-refractivity contribution in [2.75, 3.05) is 25.5 Å².